The second-order valence-electron chi connectivity index (χ2n) is 6.28. The van der Waals surface area contributed by atoms with Gasteiger partial charge in [-0.3, -0.25) is 0 Å². The topological polar surface area (TPSA) is 26.3 Å². The molecule has 0 unspecified atom stereocenters. The van der Waals surface area contributed by atoms with Crippen LogP contribution in [-0.2, 0) is 9.22 Å². The molecule has 0 aliphatic heterocycles. The summed E-state index contributed by atoms with van der Waals surface area (Å²) < 4.78 is 6.40. The van der Waals surface area contributed by atoms with Crippen LogP contribution in [0.4, 0.5) is 0 Å². The van der Waals surface area contributed by atoms with Gasteiger partial charge in [-0.15, -0.1) is 0 Å². The van der Waals surface area contributed by atoms with E-state index >= 15 is 0 Å². The first kappa shape index (κ1) is 16.8. The Morgan fingerprint density at radius 3 is 1.35 bits per heavy atom. The van der Waals surface area contributed by atoms with Gasteiger partial charge in [0, 0.05) is 0 Å². The highest BCUT2D eigenvalue weighted by molar-refractivity contribution is 6.77. The van der Waals surface area contributed by atoms with Gasteiger partial charge in [-0.2, -0.15) is 0 Å². The average Bonchev–Trinajstić information content (AvgIpc) is 2.16. The lowest BCUT2D eigenvalue weighted by Crippen LogP contribution is -2.51. The lowest BCUT2D eigenvalue weighted by Gasteiger charge is -2.44. The number of hydrogen-bond acceptors (Lipinski definition) is 2. The molecule has 0 spiro atoms. The largest absolute Gasteiger partial charge is 0.406 e. The summed E-state index contributed by atoms with van der Waals surface area (Å²) in [6.07, 6.45) is 0.744. The third kappa shape index (κ3) is 3.65. The normalized spacial score (nSPS) is 15.1. The van der Waals surface area contributed by atoms with E-state index in [0.717, 1.165) is 6.29 Å². The number of carbonyl (C=O) groups is 1. The highest BCUT2D eigenvalue weighted by Crippen LogP contribution is 2.43. The van der Waals surface area contributed by atoms with Crippen LogP contribution in [-0.4, -0.2) is 20.7 Å². The molecule has 0 aliphatic rings. The highest BCUT2D eigenvalue weighted by Gasteiger charge is 2.46. The summed E-state index contributed by atoms with van der Waals surface area (Å²) in [6.45, 7) is 17.6. The van der Waals surface area contributed by atoms with Crippen molar-refractivity contribution in [3.8, 4) is 0 Å². The van der Waals surface area contributed by atoms with Crippen molar-refractivity contribution in [2.45, 2.75) is 78.1 Å². The maximum Gasteiger partial charge on any atom is 0.201 e. The smallest absolute Gasteiger partial charge is 0.201 e. The predicted molar refractivity (Wildman–Crippen MR) is 76.8 cm³/mol. The van der Waals surface area contributed by atoms with Crippen molar-refractivity contribution in [2.75, 3.05) is 0 Å². The van der Waals surface area contributed by atoms with Gasteiger partial charge in [0.05, 0.1) is 0 Å². The molecule has 17 heavy (non-hydrogen) atoms. The molecule has 0 aromatic carbocycles. The molecule has 0 bridgehead atoms. The molecule has 0 aromatic heterocycles. The van der Waals surface area contributed by atoms with Gasteiger partial charge in [-0.1, -0.05) is 55.4 Å². The van der Waals surface area contributed by atoms with Crippen LogP contribution >= 0.6 is 0 Å². The minimum absolute atomic E-state index is 0.242. The van der Waals surface area contributed by atoms with Crippen LogP contribution < -0.4 is 0 Å². The van der Waals surface area contributed by atoms with E-state index in [1.54, 1.807) is 0 Å². The Hall–Kier alpha value is -0.153. The summed E-state index contributed by atoms with van der Waals surface area (Å²) in [5.74, 6) is 0.260. The Balaban J connectivity index is 5.24. The first-order valence-corrected chi connectivity index (χ1v) is 8.97. The molecular weight excluding hydrogens is 228 g/mol. The second-order valence-corrected chi connectivity index (χ2v) is 11.7. The molecule has 1 atom stereocenters. The van der Waals surface area contributed by atoms with Crippen molar-refractivity contribution in [2.24, 2.45) is 5.92 Å². The Labute approximate surface area is 108 Å². The maximum atomic E-state index is 11.2. The predicted octanol–water partition coefficient (Wildman–Crippen LogP) is 4.40. The molecule has 0 aromatic rings. The zero-order valence-electron chi connectivity index (χ0n) is 12.8. The molecule has 0 fully saturated rings. The molecule has 0 rings (SSSR count). The number of carbonyl (C=O) groups excluding carboxylic acids is 1. The molecule has 0 aliphatic carbocycles. The molecule has 0 saturated heterocycles. The molecular formula is C14H30O2Si. The lowest BCUT2D eigenvalue weighted by molar-refractivity contribution is -0.115. The van der Waals surface area contributed by atoms with Gasteiger partial charge in [-0.25, -0.2) is 0 Å². The van der Waals surface area contributed by atoms with Crippen molar-refractivity contribution in [3.63, 3.8) is 0 Å². The Bertz CT molecular complexity index is 213. The molecule has 102 valence electrons. The van der Waals surface area contributed by atoms with Gasteiger partial charge in [0.2, 0.25) is 8.32 Å². The van der Waals surface area contributed by atoms with Gasteiger partial charge in [0.25, 0.3) is 0 Å². The van der Waals surface area contributed by atoms with Gasteiger partial charge >= 0.3 is 0 Å². The van der Waals surface area contributed by atoms with E-state index in [1.807, 2.05) is 0 Å². The minimum Gasteiger partial charge on any atom is -0.406 e. The molecule has 0 saturated carbocycles. The molecule has 0 heterocycles. The van der Waals surface area contributed by atoms with E-state index in [-0.39, 0.29) is 12.0 Å². The fourth-order valence-electron chi connectivity index (χ4n) is 2.96. The quantitative estimate of drug-likeness (QED) is 0.500. The van der Waals surface area contributed by atoms with Crippen LogP contribution in [0.15, 0.2) is 0 Å². The first-order valence-electron chi connectivity index (χ1n) is 6.83. The fourth-order valence-corrected chi connectivity index (χ4v) is 8.58. The summed E-state index contributed by atoms with van der Waals surface area (Å²) in [4.78, 5) is 11.2. The van der Waals surface area contributed by atoms with Crippen molar-refractivity contribution >= 4 is 14.6 Å². The zero-order valence-corrected chi connectivity index (χ0v) is 13.8. The number of hydrogen-bond donors (Lipinski definition) is 0. The minimum atomic E-state index is -1.91. The maximum absolute atomic E-state index is 11.2. The summed E-state index contributed by atoms with van der Waals surface area (Å²) in [5, 5.41) is 0. The Morgan fingerprint density at radius 1 is 0.824 bits per heavy atom. The van der Waals surface area contributed by atoms with E-state index in [9.17, 15) is 4.79 Å². The van der Waals surface area contributed by atoms with Crippen molar-refractivity contribution in [1.82, 2.24) is 0 Å². The van der Waals surface area contributed by atoms with E-state index in [4.69, 9.17) is 4.43 Å². The molecule has 0 radical (unpaired) electrons. The zero-order chi connectivity index (χ0) is 13.8. The van der Waals surface area contributed by atoms with Crippen LogP contribution in [0.1, 0.15) is 55.4 Å². The van der Waals surface area contributed by atoms with E-state index < -0.39 is 8.32 Å². The van der Waals surface area contributed by atoms with Gasteiger partial charge in [0.15, 0.2) is 0 Å². The van der Waals surface area contributed by atoms with Crippen molar-refractivity contribution in [1.29, 1.82) is 0 Å². The van der Waals surface area contributed by atoms with E-state index in [1.165, 1.54) is 0 Å². The molecule has 3 heteroatoms. The lowest BCUT2D eigenvalue weighted by atomic mass is 10.1. The van der Waals surface area contributed by atoms with Gasteiger partial charge in [0.1, 0.15) is 12.4 Å². The van der Waals surface area contributed by atoms with Crippen LogP contribution in [0.3, 0.4) is 0 Å². The van der Waals surface area contributed by atoms with Crippen LogP contribution in [0.25, 0.3) is 0 Å². The van der Waals surface area contributed by atoms with E-state index in [0.29, 0.717) is 16.6 Å². The van der Waals surface area contributed by atoms with E-state index in [2.05, 4.69) is 55.4 Å². The summed E-state index contributed by atoms with van der Waals surface area (Å²) >= 11 is 0. The Kier molecular flexibility index (Phi) is 6.63. The SMILES string of the molecule is CC(C)[C@H](C=O)O[Si](C(C)C)(C(C)C)C(C)C. The molecule has 2 nitrogen and oxygen atoms in total. The van der Waals surface area contributed by atoms with Gasteiger partial charge < -0.3 is 9.22 Å². The third-order valence-corrected chi connectivity index (χ3v) is 9.93. The third-order valence-electron chi connectivity index (χ3n) is 3.84. The van der Waals surface area contributed by atoms with Crippen LogP contribution in [0.2, 0.25) is 16.6 Å². The van der Waals surface area contributed by atoms with Crippen LogP contribution in [0.5, 0.6) is 0 Å². The first-order chi connectivity index (χ1) is 7.70. The van der Waals surface area contributed by atoms with Crippen molar-refractivity contribution in [3.05, 3.63) is 0 Å². The second kappa shape index (κ2) is 6.69. The monoisotopic (exact) mass is 258 g/mol. The van der Waals surface area contributed by atoms with Crippen molar-refractivity contribution < 1.29 is 9.22 Å². The summed E-state index contributed by atoms with van der Waals surface area (Å²) in [5.41, 5.74) is 1.59. The number of aldehydes is 1. The van der Waals surface area contributed by atoms with Crippen LogP contribution in [0, 0.1) is 5.92 Å². The fraction of sp³-hybridized carbons (Fsp3) is 0.929. The average molecular weight is 258 g/mol. The summed E-state index contributed by atoms with van der Waals surface area (Å²) in [6, 6.07) is 0. The van der Waals surface area contributed by atoms with Gasteiger partial charge in [-0.05, 0) is 22.5 Å². The molecule has 0 amide bonds. The summed E-state index contributed by atoms with van der Waals surface area (Å²) in [7, 11) is -1.91. The highest BCUT2D eigenvalue weighted by atomic mass is 28.4. The Morgan fingerprint density at radius 2 is 1.18 bits per heavy atom. The molecule has 0 N–H and O–H groups in total. The number of rotatable bonds is 7. The standard InChI is InChI=1S/C14H30O2Si/c1-10(2)14(9-15)16-17(11(3)4,12(5)6)13(7)8/h9-14H,1-8H3/t14-/m0/s1.